The smallest absolute Gasteiger partial charge is 0.337 e. The predicted molar refractivity (Wildman–Crippen MR) is 63.6 cm³/mol. The zero-order valence-electron chi connectivity index (χ0n) is 9.18. The highest BCUT2D eigenvalue weighted by Gasteiger charge is 2.16. The quantitative estimate of drug-likeness (QED) is 0.848. The molecule has 0 fully saturated rings. The molecular weight excluding hydrogens is 244 g/mol. The van der Waals surface area contributed by atoms with Crippen molar-refractivity contribution in [1.82, 2.24) is 9.55 Å². The minimum absolute atomic E-state index is 0.223. The second kappa shape index (κ2) is 4.73. The molecular formula is C11H11ClN2O3. The SMILES string of the molecule is COCCn1cc(C(=O)O)c2ccnc(Cl)c21. The molecule has 17 heavy (non-hydrogen) atoms. The van der Waals surface area contributed by atoms with E-state index in [0.29, 0.717) is 29.2 Å². The van der Waals surface area contributed by atoms with E-state index in [1.54, 1.807) is 23.9 Å². The van der Waals surface area contributed by atoms with Crippen molar-refractivity contribution in [2.24, 2.45) is 0 Å². The van der Waals surface area contributed by atoms with Crippen LogP contribution < -0.4 is 0 Å². The summed E-state index contributed by atoms with van der Waals surface area (Å²) < 4.78 is 6.72. The van der Waals surface area contributed by atoms with Crippen LogP contribution in [0.15, 0.2) is 18.5 Å². The van der Waals surface area contributed by atoms with E-state index in [9.17, 15) is 4.79 Å². The molecule has 0 saturated heterocycles. The number of ether oxygens (including phenoxy) is 1. The van der Waals surface area contributed by atoms with Gasteiger partial charge in [0.15, 0.2) is 5.15 Å². The summed E-state index contributed by atoms with van der Waals surface area (Å²) >= 11 is 5.99. The molecule has 0 saturated carbocycles. The Balaban J connectivity index is 2.63. The molecule has 0 spiro atoms. The molecule has 1 N–H and O–H groups in total. The third-order valence-corrected chi connectivity index (χ3v) is 2.79. The molecule has 2 heterocycles. The molecule has 0 aliphatic carbocycles. The fourth-order valence-electron chi connectivity index (χ4n) is 1.75. The summed E-state index contributed by atoms with van der Waals surface area (Å²) in [6.45, 7) is 1.01. The molecule has 6 heteroatoms. The maximum atomic E-state index is 11.1. The van der Waals surface area contributed by atoms with Gasteiger partial charge < -0.3 is 14.4 Å². The topological polar surface area (TPSA) is 64.3 Å². The zero-order valence-corrected chi connectivity index (χ0v) is 9.94. The van der Waals surface area contributed by atoms with E-state index in [-0.39, 0.29) is 5.56 Å². The number of carboxylic acid groups (broad SMARTS) is 1. The van der Waals surface area contributed by atoms with E-state index < -0.39 is 5.97 Å². The first-order valence-electron chi connectivity index (χ1n) is 5.00. The van der Waals surface area contributed by atoms with Gasteiger partial charge in [-0.25, -0.2) is 9.78 Å². The number of nitrogens with zero attached hydrogens (tertiary/aromatic N) is 2. The third-order valence-electron chi connectivity index (χ3n) is 2.51. The van der Waals surface area contributed by atoms with Crippen LogP contribution in [0.3, 0.4) is 0 Å². The van der Waals surface area contributed by atoms with Crippen LogP contribution in [0.25, 0.3) is 10.9 Å². The molecule has 0 aliphatic rings. The molecule has 0 aliphatic heterocycles. The van der Waals surface area contributed by atoms with Crippen LogP contribution in [0.4, 0.5) is 0 Å². The summed E-state index contributed by atoms with van der Waals surface area (Å²) in [5.41, 5.74) is 0.851. The minimum atomic E-state index is -0.978. The van der Waals surface area contributed by atoms with Gasteiger partial charge in [0.1, 0.15) is 0 Å². The van der Waals surface area contributed by atoms with Crippen LogP contribution >= 0.6 is 11.6 Å². The number of hydrogen-bond acceptors (Lipinski definition) is 3. The van der Waals surface area contributed by atoms with E-state index in [4.69, 9.17) is 21.4 Å². The Morgan fingerprint density at radius 2 is 2.41 bits per heavy atom. The summed E-state index contributed by atoms with van der Waals surface area (Å²) in [5, 5.41) is 9.99. The Kier molecular flexibility index (Phi) is 3.31. The molecule has 0 amide bonds. The normalized spacial score (nSPS) is 10.9. The Morgan fingerprint density at radius 3 is 3.06 bits per heavy atom. The molecule has 0 atom stereocenters. The standard InChI is InChI=1S/C11H11ClN2O3/c1-17-5-4-14-6-8(11(15)16)7-2-3-13-10(12)9(7)14/h2-3,6H,4-5H2,1H3,(H,15,16). The highest BCUT2D eigenvalue weighted by Crippen LogP contribution is 2.26. The van der Waals surface area contributed by atoms with E-state index in [2.05, 4.69) is 4.98 Å². The maximum Gasteiger partial charge on any atom is 0.337 e. The third kappa shape index (κ3) is 2.11. The Labute approximate surface area is 103 Å². The van der Waals surface area contributed by atoms with Gasteiger partial charge in [0.25, 0.3) is 0 Å². The highest BCUT2D eigenvalue weighted by molar-refractivity contribution is 6.34. The van der Waals surface area contributed by atoms with E-state index >= 15 is 0 Å². The summed E-state index contributed by atoms with van der Waals surface area (Å²) in [5.74, 6) is -0.978. The highest BCUT2D eigenvalue weighted by atomic mass is 35.5. The first-order chi connectivity index (χ1) is 8.15. The van der Waals surface area contributed by atoms with Crippen molar-refractivity contribution in [1.29, 1.82) is 0 Å². The van der Waals surface area contributed by atoms with Gasteiger partial charge in [-0.05, 0) is 6.07 Å². The molecule has 5 nitrogen and oxygen atoms in total. The first-order valence-corrected chi connectivity index (χ1v) is 5.38. The van der Waals surface area contributed by atoms with Crippen molar-refractivity contribution in [3.8, 4) is 0 Å². The number of fused-ring (bicyclic) bond motifs is 1. The monoisotopic (exact) mass is 254 g/mol. The van der Waals surface area contributed by atoms with Crippen LogP contribution in [0.2, 0.25) is 5.15 Å². The van der Waals surface area contributed by atoms with E-state index in [1.165, 1.54) is 6.20 Å². The predicted octanol–water partition coefficient (Wildman–Crippen LogP) is 2.03. The number of aromatic carboxylic acids is 1. The van der Waals surface area contributed by atoms with Gasteiger partial charge in [0.05, 0.1) is 17.7 Å². The molecule has 0 aromatic carbocycles. The van der Waals surface area contributed by atoms with Crippen LogP contribution in [-0.2, 0) is 11.3 Å². The fourth-order valence-corrected chi connectivity index (χ4v) is 2.01. The number of carboxylic acids is 1. The summed E-state index contributed by atoms with van der Waals surface area (Å²) in [7, 11) is 1.59. The van der Waals surface area contributed by atoms with Gasteiger partial charge >= 0.3 is 5.97 Å². The van der Waals surface area contributed by atoms with Gasteiger partial charge in [-0.15, -0.1) is 0 Å². The maximum absolute atomic E-state index is 11.1. The lowest BCUT2D eigenvalue weighted by atomic mass is 10.2. The lowest BCUT2D eigenvalue weighted by molar-refractivity contribution is 0.0698. The van der Waals surface area contributed by atoms with Crippen molar-refractivity contribution in [2.45, 2.75) is 6.54 Å². The van der Waals surface area contributed by atoms with Crippen LogP contribution in [0.5, 0.6) is 0 Å². The summed E-state index contributed by atoms with van der Waals surface area (Å²) in [4.78, 5) is 15.1. The number of carbonyl (C=O) groups is 1. The molecule has 0 radical (unpaired) electrons. The largest absolute Gasteiger partial charge is 0.478 e. The lowest BCUT2D eigenvalue weighted by Gasteiger charge is -2.04. The van der Waals surface area contributed by atoms with Crippen LogP contribution in [0.1, 0.15) is 10.4 Å². The lowest BCUT2D eigenvalue weighted by Crippen LogP contribution is -2.03. The molecule has 0 unspecified atom stereocenters. The van der Waals surface area contributed by atoms with Gasteiger partial charge in [-0.2, -0.15) is 0 Å². The Bertz CT molecular complexity index is 565. The summed E-state index contributed by atoms with van der Waals surface area (Å²) in [6, 6.07) is 1.65. The van der Waals surface area contributed by atoms with E-state index in [1.807, 2.05) is 0 Å². The number of pyridine rings is 1. The van der Waals surface area contributed by atoms with Crippen LogP contribution in [-0.4, -0.2) is 34.3 Å². The number of methoxy groups -OCH3 is 1. The van der Waals surface area contributed by atoms with Gasteiger partial charge in [0.2, 0.25) is 0 Å². The molecule has 90 valence electrons. The average Bonchev–Trinajstić information content (AvgIpc) is 2.67. The first kappa shape index (κ1) is 11.9. The molecule has 0 bridgehead atoms. The van der Waals surface area contributed by atoms with Crippen molar-refractivity contribution in [3.05, 3.63) is 29.2 Å². The van der Waals surface area contributed by atoms with Gasteiger partial charge in [-0.3, -0.25) is 0 Å². The van der Waals surface area contributed by atoms with Crippen molar-refractivity contribution in [2.75, 3.05) is 13.7 Å². The molecule has 2 aromatic rings. The van der Waals surface area contributed by atoms with Crippen LogP contribution in [0, 0.1) is 0 Å². The zero-order chi connectivity index (χ0) is 12.4. The Hall–Kier alpha value is -1.59. The molecule has 2 rings (SSSR count). The summed E-state index contributed by atoms with van der Waals surface area (Å²) in [6.07, 6.45) is 3.05. The minimum Gasteiger partial charge on any atom is -0.478 e. The number of halogens is 1. The molecule has 2 aromatic heterocycles. The fraction of sp³-hybridized carbons (Fsp3) is 0.273. The van der Waals surface area contributed by atoms with Crippen molar-refractivity contribution < 1.29 is 14.6 Å². The van der Waals surface area contributed by atoms with Gasteiger partial charge in [0, 0.05) is 31.4 Å². The van der Waals surface area contributed by atoms with Crippen molar-refractivity contribution in [3.63, 3.8) is 0 Å². The Morgan fingerprint density at radius 1 is 1.65 bits per heavy atom. The number of rotatable bonds is 4. The average molecular weight is 255 g/mol. The second-order valence-corrected chi connectivity index (χ2v) is 3.89. The van der Waals surface area contributed by atoms with Crippen molar-refractivity contribution >= 4 is 28.5 Å². The number of aromatic nitrogens is 2. The van der Waals surface area contributed by atoms with E-state index in [0.717, 1.165) is 0 Å². The number of hydrogen-bond donors (Lipinski definition) is 1. The second-order valence-electron chi connectivity index (χ2n) is 3.53. The van der Waals surface area contributed by atoms with Gasteiger partial charge in [-0.1, -0.05) is 11.6 Å².